The van der Waals surface area contributed by atoms with Gasteiger partial charge in [-0.05, 0) is 37.1 Å². The van der Waals surface area contributed by atoms with E-state index in [9.17, 15) is 0 Å². The van der Waals surface area contributed by atoms with Crippen molar-refractivity contribution in [2.24, 2.45) is 0 Å². The van der Waals surface area contributed by atoms with Gasteiger partial charge in [0.2, 0.25) is 5.82 Å². The van der Waals surface area contributed by atoms with Gasteiger partial charge in [0, 0.05) is 5.69 Å². The Kier molecular flexibility index (Phi) is 2.59. The summed E-state index contributed by atoms with van der Waals surface area (Å²) in [6.45, 7) is 3.86. The van der Waals surface area contributed by atoms with Crippen molar-refractivity contribution in [1.29, 1.82) is 0 Å². The van der Waals surface area contributed by atoms with E-state index >= 15 is 0 Å². The van der Waals surface area contributed by atoms with E-state index in [1.807, 2.05) is 38.1 Å². The molecule has 0 saturated carbocycles. The van der Waals surface area contributed by atoms with E-state index in [1.54, 1.807) is 6.26 Å². The van der Waals surface area contributed by atoms with Gasteiger partial charge in [0.1, 0.15) is 0 Å². The third kappa shape index (κ3) is 1.89. The maximum atomic E-state index is 6.02. The second-order valence-corrected chi connectivity index (χ2v) is 4.39. The zero-order valence-corrected chi connectivity index (χ0v) is 10.7. The van der Waals surface area contributed by atoms with Crippen LogP contribution in [0.5, 0.6) is 0 Å². The highest BCUT2D eigenvalue weighted by molar-refractivity contribution is 5.73. The highest BCUT2D eigenvalue weighted by Gasteiger charge is 2.16. The lowest BCUT2D eigenvalue weighted by Gasteiger charge is -2.02. The van der Waals surface area contributed by atoms with Gasteiger partial charge in [0.15, 0.2) is 5.76 Å². The third-order valence-electron chi connectivity index (χ3n) is 3.05. The number of benzene rings is 1. The Morgan fingerprint density at radius 3 is 2.68 bits per heavy atom. The number of aromatic nitrogens is 2. The fourth-order valence-corrected chi connectivity index (χ4v) is 1.89. The Hall–Kier alpha value is -2.56. The summed E-state index contributed by atoms with van der Waals surface area (Å²) in [6.07, 6.45) is 1.60. The van der Waals surface area contributed by atoms with Crippen LogP contribution < -0.4 is 5.73 Å². The number of nitrogens with zero attached hydrogens (tertiary/aromatic N) is 2. The second-order valence-electron chi connectivity index (χ2n) is 4.39. The van der Waals surface area contributed by atoms with E-state index in [0.29, 0.717) is 23.2 Å². The summed E-state index contributed by atoms with van der Waals surface area (Å²) in [5.41, 5.74) is 9.35. The predicted molar refractivity (Wildman–Crippen MR) is 71.3 cm³/mol. The van der Waals surface area contributed by atoms with Crippen molar-refractivity contribution in [3.05, 3.63) is 41.7 Å². The molecule has 19 heavy (non-hydrogen) atoms. The van der Waals surface area contributed by atoms with E-state index < -0.39 is 0 Å². The number of rotatable bonds is 2. The van der Waals surface area contributed by atoms with Crippen LogP contribution in [-0.4, -0.2) is 10.1 Å². The fraction of sp³-hybridized carbons (Fsp3) is 0.143. The molecule has 2 N–H and O–H groups in total. The number of aryl methyl sites for hydroxylation is 2. The summed E-state index contributed by atoms with van der Waals surface area (Å²) >= 11 is 0. The molecule has 0 spiro atoms. The van der Waals surface area contributed by atoms with Crippen LogP contribution in [0.15, 0.2) is 39.5 Å². The molecule has 3 aromatic rings. The highest BCUT2D eigenvalue weighted by Crippen LogP contribution is 2.29. The van der Waals surface area contributed by atoms with E-state index in [0.717, 1.165) is 16.7 Å². The molecule has 0 radical (unpaired) electrons. The van der Waals surface area contributed by atoms with Crippen LogP contribution in [0.4, 0.5) is 5.69 Å². The molecule has 1 aromatic carbocycles. The molecule has 0 unspecified atom stereocenters. The van der Waals surface area contributed by atoms with Gasteiger partial charge in [-0.15, -0.1) is 0 Å². The smallest absolute Gasteiger partial charge is 0.260 e. The Labute approximate surface area is 110 Å². The molecule has 0 fully saturated rings. The van der Waals surface area contributed by atoms with Crippen molar-refractivity contribution < 1.29 is 8.94 Å². The van der Waals surface area contributed by atoms with Crippen LogP contribution in [0.3, 0.4) is 0 Å². The van der Waals surface area contributed by atoms with Gasteiger partial charge in [-0.25, -0.2) is 0 Å². The summed E-state index contributed by atoms with van der Waals surface area (Å²) in [6, 6.07) is 7.55. The minimum absolute atomic E-state index is 0.395. The van der Waals surface area contributed by atoms with Gasteiger partial charge >= 0.3 is 0 Å². The fourth-order valence-electron chi connectivity index (χ4n) is 1.89. The summed E-state index contributed by atoms with van der Waals surface area (Å²) in [4.78, 5) is 4.33. The van der Waals surface area contributed by atoms with Crippen molar-refractivity contribution >= 4 is 5.69 Å². The van der Waals surface area contributed by atoms with Crippen LogP contribution in [0.2, 0.25) is 0 Å². The summed E-state index contributed by atoms with van der Waals surface area (Å²) < 4.78 is 10.6. The maximum Gasteiger partial charge on any atom is 0.260 e. The average Bonchev–Trinajstić information content (AvgIpc) is 3.01. The minimum Gasteiger partial charge on any atom is -0.461 e. The molecule has 3 rings (SSSR count). The second kappa shape index (κ2) is 4.28. The number of para-hydroxylation sites is 1. The van der Waals surface area contributed by atoms with E-state index in [1.165, 1.54) is 0 Å². The molecular weight excluding hydrogens is 242 g/mol. The summed E-state index contributed by atoms with van der Waals surface area (Å²) in [5, 5.41) is 3.93. The monoisotopic (exact) mass is 255 g/mol. The Balaban J connectivity index is 2.07. The van der Waals surface area contributed by atoms with Crippen LogP contribution in [0.1, 0.15) is 11.1 Å². The van der Waals surface area contributed by atoms with Crippen LogP contribution >= 0.6 is 0 Å². The van der Waals surface area contributed by atoms with Crippen molar-refractivity contribution in [3.8, 4) is 23.0 Å². The molecule has 5 nitrogen and oxygen atoms in total. The number of nitrogen functional groups attached to an aromatic ring is 1. The lowest BCUT2D eigenvalue weighted by atomic mass is 10.1. The zero-order chi connectivity index (χ0) is 13.4. The molecule has 2 heterocycles. The van der Waals surface area contributed by atoms with Crippen molar-refractivity contribution in [2.75, 3.05) is 5.73 Å². The molecule has 0 aliphatic heterocycles. The van der Waals surface area contributed by atoms with Gasteiger partial charge in [-0.1, -0.05) is 17.3 Å². The van der Waals surface area contributed by atoms with E-state index in [2.05, 4.69) is 10.1 Å². The minimum atomic E-state index is 0.395. The third-order valence-corrected chi connectivity index (χ3v) is 3.05. The quantitative estimate of drug-likeness (QED) is 0.711. The molecule has 0 saturated heterocycles. The van der Waals surface area contributed by atoms with Gasteiger partial charge in [0.25, 0.3) is 5.89 Å². The van der Waals surface area contributed by atoms with Crippen LogP contribution in [0, 0.1) is 13.8 Å². The SMILES string of the molecule is Cc1ccoc1-c1noc(-c2cccc(C)c2N)n1. The van der Waals surface area contributed by atoms with E-state index in [-0.39, 0.29) is 0 Å². The van der Waals surface area contributed by atoms with Crippen LogP contribution in [0.25, 0.3) is 23.0 Å². The standard InChI is InChI=1S/C14H13N3O2/c1-8-4-3-5-10(11(8)15)14-16-13(17-19-14)12-9(2)6-7-18-12/h3-7H,15H2,1-2H3. The normalized spacial score (nSPS) is 10.8. The topological polar surface area (TPSA) is 78.1 Å². The number of hydrogen-bond donors (Lipinski definition) is 1. The van der Waals surface area contributed by atoms with E-state index in [4.69, 9.17) is 14.7 Å². The summed E-state index contributed by atoms with van der Waals surface area (Å²) in [5.74, 6) is 1.44. The van der Waals surface area contributed by atoms with Crippen molar-refractivity contribution in [1.82, 2.24) is 10.1 Å². The number of anilines is 1. The zero-order valence-electron chi connectivity index (χ0n) is 10.7. The molecule has 0 bridgehead atoms. The lowest BCUT2D eigenvalue weighted by molar-refractivity contribution is 0.429. The van der Waals surface area contributed by atoms with Crippen molar-refractivity contribution in [2.45, 2.75) is 13.8 Å². The molecule has 5 heteroatoms. The first-order valence-corrected chi connectivity index (χ1v) is 5.90. The Morgan fingerprint density at radius 1 is 1.11 bits per heavy atom. The highest BCUT2D eigenvalue weighted by atomic mass is 16.5. The van der Waals surface area contributed by atoms with Crippen LogP contribution in [-0.2, 0) is 0 Å². The molecule has 0 aliphatic rings. The van der Waals surface area contributed by atoms with Gasteiger partial charge < -0.3 is 14.7 Å². The lowest BCUT2D eigenvalue weighted by Crippen LogP contribution is -1.93. The summed E-state index contributed by atoms with van der Waals surface area (Å²) in [7, 11) is 0. The van der Waals surface area contributed by atoms with Crippen molar-refractivity contribution in [3.63, 3.8) is 0 Å². The number of hydrogen-bond acceptors (Lipinski definition) is 5. The molecule has 2 aromatic heterocycles. The Bertz CT molecular complexity index is 728. The molecule has 96 valence electrons. The maximum absolute atomic E-state index is 6.02. The van der Waals surface area contributed by atoms with Gasteiger partial charge in [0.05, 0.1) is 11.8 Å². The Morgan fingerprint density at radius 2 is 1.95 bits per heavy atom. The largest absolute Gasteiger partial charge is 0.461 e. The van der Waals surface area contributed by atoms with Gasteiger partial charge in [-0.3, -0.25) is 0 Å². The number of nitrogens with two attached hydrogens (primary N) is 1. The molecule has 0 atom stereocenters. The molecule has 0 amide bonds. The average molecular weight is 255 g/mol. The first-order valence-electron chi connectivity index (χ1n) is 5.90. The molecule has 0 aliphatic carbocycles. The predicted octanol–water partition coefficient (Wildman–Crippen LogP) is 3.20. The van der Waals surface area contributed by atoms with Gasteiger partial charge in [-0.2, -0.15) is 4.98 Å². The molecular formula is C14H13N3O2. The first kappa shape index (κ1) is 11.5. The first-order chi connectivity index (χ1) is 9.16. The number of furan rings is 1.